The lowest BCUT2D eigenvalue weighted by atomic mass is 10.2. The molecule has 2 aromatic rings. The molecule has 1 heterocycles. The highest BCUT2D eigenvalue weighted by Crippen LogP contribution is 2.14. The van der Waals surface area contributed by atoms with E-state index in [1.165, 1.54) is 0 Å². The molecule has 0 aliphatic heterocycles. The number of carbonyl (C=O) groups is 1. The molecule has 0 aliphatic carbocycles. The maximum absolute atomic E-state index is 11.9. The van der Waals surface area contributed by atoms with E-state index >= 15 is 0 Å². The molecule has 1 atom stereocenters. The second kappa shape index (κ2) is 4.75. The van der Waals surface area contributed by atoms with E-state index in [4.69, 9.17) is 6.42 Å². The normalized spacial score (nSPS) is 12.0. The molecule has 2 rings (SSSR count). The van der Waals surface area contributed by atoms with Crippen molar-refractivity contribution in [3.63, 3.8) is 0 Å². The van der Waals surface area contributed by atoms with Crippen molar-refractivity contribution in [1.82, 2.24) is 10.3 Å². The smallest absolute Gasteiger partial charge is 0.268 e. The van der Waals surface area contributed by atoms with E-state index in [2.05, 4.69) is 16.2 Å². The molecule has 2 N–H and O–H groups in total. The molecular weight excluding hydrogens is 212 g/mol. The Hall–Kier alpha value is -2.21. The van der Waals surface area contributed by atoms with E-state index in [1.54, 1.807) is 0 Å². The largest absolute Gasteiger partial charge is 0.351 e. The van der Waals surface area contributed by atoms with Crippen molar-refractivity contribution in [3.8, 4) is 12.3 Å². The van der Waals surface area contributed by atoms with Gasteiger partial charge in [-0.05, 0) is 18.6 Å². The van der Waals surface area contributed by atoms with Crippen LogP contribution in [0.3, 0.4) is 0 Å². The van der Waals surface area contributed by atoms with Crippen LogP contribution in [-0.4, -0.2) is 16.9 Å². The van der Waals surface area contributed by atoms with Crippen molar-refractivity contribution in [2.45, 2.75) is 19.4 Å². The van der Waals surface area contributed by atoms with Gasteiger partial charge < -0.3 is 10.3 Å². The number of aromatic amines is 1. The van der Waals surface area contributed by atoms with Crippen LogP contribution >= 0.6 is 0 Å². The van der Waals surface area contributed by atoms with Crippen molar-refractivity contribution in [1.29, 1.82) is 0 Å². The van der Waals surface area contributed by atoms with Crippen LogP contribution in [0.15, 0.2) is 30.3 Å². The molecule has 3 heteroatoms. The van der Waals surface area contributed by atoms with E-state index in [0.717, 1.165) is 17.3 Å². The summed E-state index contributed by atoms with van der Waals surface area (Å²) in [5, 5.41) is 3.81. The Morgan fingerprint density at radius 3 is 2.94 bits per heavy atom. The standard InChI is InChI=1S/C14H14N2O/c1-3-11(4-2)15-14(17)13-9-10-7-5-6-8-12(10)16-13/h1,5-9,11,16H,4H2,2H3,(H,15,17). The Kier molecular flexibility index (Phi) is 3.15. The fourth-order valence-corrected chi connectivity index (χ4v) is 1.69. The molecule has 1 amide bonds. The Morgan fingerprint density at radius 1 is 1.53 bits per heavy atom. The summed E-state index contributed by atoms with van der Waals surface area (Å²) >= 11 is 0. The number of benzene rings is 1. The third kappa shape index (κ3) is 2.31. The molecule has 1 aromatic carbocycles. The van der Waals surface area contributed by atoms with Crippen LogP contribution in [0, 0.1) is 12.3 Å². The highest BCUT2D eigenvalue weighted by molar-refractivity contribution is 5.98. The number of carbonyl (C=O) groups excluding carboxylic acids is 1. The summed E-state index contributed by atoms with van der Waals surface area (Å²) < 4.78 is 0. The van der Waals surface area contributed by atoms with Gasteiger partial charge in [-0.3, -0.25) is 4.79 Å². The van der Waals surface area contributed by atoms with Gasteiger partial charge in [0.05, 0.1) is 6.04 Å². The predicted molar refractivity (Wildman–Crippen MR) is 68.7 cm³/mol. The molecule has 0 saturated carbocycles. The van der Waals surface area contributed by atoms with Gasteiger partial charge in [0.25, 0.3) is 5.91 Å². The quantitative estimate of drug-likeness (QED) is 0.775. The first-order valence-electron chi connectivity index (χ1n) is 5.59. The third-order valence-corrected chi connectivity index (χ3v) is 2.69. The van der Waals surface area contributed by atoms with Crippen LogP contribution in [0.1, 0.15) is 23.8 Å². The van der Waals surface area contributed by atoms with Gasteiger partial charge in [-0.1, -0.05) is 31.0 Å². The number of H-pyrrole nitrogens is 1. The highest BCUT2D eigenvalue weighted by atomic mass is 16.1. The minimum Gasteiger partial charge on any atom is -0.351 e. The van der Waals surface area contributed by atoms with Gasteiger partial charge in [-0.25, -0.2) is 0 Å². The van der Waals surface area contributed by atoms with Crippen LogP contribution in [0.25, 0.3) is 10.9 Å². The van der Waals surface area contributed by atoms with E-state index in [9.17, 15) is 4.79 Å². The van der Waals surface area contributed by atoms with Crippen molar-refractivity contribution in [2.75, 3.05) is 0 Å². The summed E-state index contributed by atoms with van der Waals surface area (Å²) in [4.78, 5) is 15.0. The molecule has 0 aliphatic rings. The number of aromatic nitrogens is 1. The fourth-order valence-electron chi connectivity index (χ4n) is 1.69. The van der Waals surface area contributed by atoms with Gasteiger partial charge in [0.1, 0.15) is 5.69 Å². The first-order valence-corrected chi connectivity index (χ1v) is 5.59. The van der Waals surface area contributed by atoms with Crippen LogP contribution < -0.4 is 5.32 Å². The minimum atomic E-state index is -0.214. The van der Waals surface area contributed by atoms with Crippen molar-refractivity contribution < 1.29 is 4.79 Å². The maximum Gasteiger partial charge on any atom is 0.268 e. The minimum absolute atomic E-state index is 0.161. The Labute approximate surface area is 100 Å². The summed E-state index contributed by atoms with van der Waals surface area (Å²) in [6.07, 6.45) is 6.03. The zero-order valence-corrected chi connectivity index (χ0v) is 9.66. The van der Waals surface area contributed by atoms with E-state index in [-0.39, 0.29) is 11.9 Å². The number of hydrogen-bond acceptors (Lipinski definition) is 1. The predicted octanol–water partition coefficient (Wildman–Crippen LogP) is 2.31. The SMILES string of the molecule is C#CC(CC)NC(=O)c1cc2ccccc2[nH]1. The molecule has 0 spiro atoms. The van der Waals surface area contributed by atoms with Crippen LogP contribution in [0.4, 0.5) is 0 Å². The summed E-state index contributed by atoms with van der Waals surface area (Å²) in [6.45, 7) is 1.94. The molecule has 17 heavy (non-hydrogen) atoms. The Bertz CT molecular complexity index is 544. The molecule has 0 saturated heterocycles. The number of fused-ring (bicyclic) bond motifs is 1. The monoisotopic (exact) mass is 226 g/mol. The van der Waals surface area contributed by atoms with Crippen molar-refractivity contribution in [2.24, 2.45) is 0 Å². The molecule has 3 nitrogen and oxygen atoms in total. The van der Waals surface area contributed by atoms with E-state index < -0.39 is 0 Å². The average molecular weight is 226 g/mol. The lowest BCUT2D eigenvalue weighted by Crippen LogP contribution is -2.33. The molecule has 0 radical (unpaired) electrons. The number of hydrogen-bond donors (Lipinski definition) is 2. The second-order valence-electron chi connectivity index (χ2n) is 3.87. The second-order valence-corrected chi connectivity index (χ2v) is 3.87. The number of nitrogens with one attached hydrogen (secondary N) is 2. The first-order chi connectivity index (χ1) is 8.24. The van der Waals surface area contributed by atoms with Gasteiger partial charge in [-0.15, -0.1) is 6.42 Å². The number of amides is 1. The summed E-state index contributed by atoms with van der Waals surface area (Å²) in [7, 11) is 0. The third-order valence-electron chi connectivity index (χ3n) is 2.69. The van der Waals surface area contributed by atoms with E-state index in [0.29, 0.717) is 5.69 Å². The average Bonchev–Trinajstić information content (AvgIpc) is 2.79. The van der Waals surface area contributed by atoms with Gasteiger partial charge in [-0.2, -0.15) is 0 Å². The van der Waals surface area contributed by atoms with Crippen LogP contribution in [-0.2, 0) is 0 Å². The van der Waals surface area contributed by atoms with Crippen molar-refractivity contribution in [3.05, 3.63) is 36.0 Å². The molecule has 0 bridgehead atoms. The number of para-hydroxylation sites is 1. The number of rotatable bonds is 3. The molecular formula is C14H14N2O. The summed E-state index contributed by atoms with van der Waals surface area (Å²) in [6, 6.07) is 9.37. The van der Waals surface area contributed by atoms with E-state index in [1.807, 2.05) is 37.3 Å². The first kappa shape index (κ1) is 11.3. The van der Waals surface area contributed by atoms with Gasteiger partial charge in [0, 0.05) is 10.9 Å². The Balaban J connectivity index is 2.22. The number of terminal acetylenes is 1. The van der Waals surface area contributed by atoms with Gasteiger partial charge >= 0.3 is 0 Å². The summed E-state index contributed by atoms with van der Waals surface area (Å²) in [5.74, 6) is 2.38. The van der Waals surface area contributed by atoms with Gasteiger partial charge in [0.15, 0.2) is 0 Å². The van der Waals surface area contributed by atoms with Crippen molar-refractivity contribution >= 4 is 16.8 Å². The van der Waals surface area contributed by atoms with Crippen LogP contribution in [0.5, 0.6) is 0 Å². The Morgan fingerprint density at radius 2 is 2.29 bits per heavy atom. The topological polar surface area (TPSA) is 44.9 Å². The molecule has 0 fully saturated rings. The fraction of sp³-hybridized carbons (Fsp3) is 0.214. The summed E-state index contributed by atoms with van der Waals surface area (Å²) in [5.41, 5.74) is 1.49. The molecule has 86 valence electrons. The lowest BCUT2D eigenvalue weighted by Gasteiger charge is -2.08. The van der Waals surface area contributed by atoms with Gasteiger partial charge in [0.2, 0.25) is 0 Å². The lowest BCUT2D eigenvalue weighted by molar-refractivity contribution is 0.0941. The molecule has 1 aromatic heterocycles. The zero-order chi connectivity index (χ0) is 12.3. The highest BCUT2D eigenvalue weighted by Gasteiger charge is 2.12. The zero-order valence-electron chi connectivity index (χ0n) is 9.66. The maximum atomic E-state index is 11.9. The molecule has 1 unspecified atom stereocenters. The van der Waals surface area contributed by atoms with Crippen LogP contribution in [0.2, 0.25) is 0 Å².